The molecule has 0 saturated carbocycles. The summed E-state index contributed by atoms with van der Waals surface area (Å²) in [4.78, 5) is 0. The van der Waals surface area contributed by atoms with E-state index in [4.69, 9.17) is 0 Å². The molecule has 0 unspecified atom stereocenters. The van der Waals surface area contributed by atoms with Crippen molar-refractivity contribution in [1.82, 2.24) is 10.9 Å². The summed E-state index contributed by atoms with van der Waals surface area (Å²) in [5.41, 5.74) is 12.3. The molecule has 24 heavy (non-hydrogen) atoms. The number of allylic oxidation sites excluding steroid dienone is 1. The molecule has 2 aromatic carbocycles. The van der Waals surface area contributed by atoms with Gasteiger partial charge in [0.15, 0.2) is 0 Å². The number of hydrazine groups is 1. The minimum atomic E-state index is -0.224. The molecule has 122 valence electrons. The highest BCUT2D eigenvalue weighted by Gasteiger charge is 2.30. The number of hydrogen-bond donors (Lipinski definition) is 2. The Bertz CT molecular complexity index is 805. The molecule has 0 amide bonds. The van der Waals surface area contributed by atoms with Crippen LogP contribution >= 0.6 is 0 Å². The summed E-state index contributed by atoms with van der Waals surface area (Å²) >= 11 is 0. The third kappa shape index (κ3) is 2.85. The fourth-order valence-electron chi connectivity index (χ4n) is 3.45. The third-order valence-corrected chi connectivity index (χ3v) is 4.64. The van der Waals surface area contributed by atoms with Crippen molar-refractivity contribution in [2.45, 2.75) is 25.3 Å². The molecule has 0 spiro atoms. The van der Waals surface area contributed by atoms with E-state index in [1.807, 2.05) is 12.1 Å². The molecule has 2 N–H and O–H groups in total. The maximum Gasteiger partial charge on any atom is 0.123 e. The first-order valence-electron chi connectivity index (χ1n) is 8.17. The Labute approximate surface area is 139 Å². The Hall–Kier alpha value is -2.46. The lowest BCUT2D eigenvalue weighted by atomic mass is 9.86. The highest BCUT2D eigenvalue weighted by Crippen LogP contribution is 2.39. The van der Waals surface area contributed by atoms with Crippen molar-refractivity contribution in [2.75, 3.05) is 0 Å². The van der Waals surface area contributed by atoms with Gasteiger partial charge in [0, 0.05) is 0 Å². The van der Waals surface area contributed by atoms with Crippen LogP contribution in [0, 0.1) is 11.6 Å². The molecule has 1 heterocycles. The highest BCUT2D eigenvalue weighted by atomic mass is 19.1. The van der Waals surface area contributed by atoms with Gasteiger partial charge in [0.2, 0.25) is 0 Å². The van der Waals surface area contributed by atoms with Gasteiger partial charge in [-0.2, -0.15) is 0 Å². The van der Waals surface area contributed by atoms with Crippen molar-refractivity contribution in [3.05, 3.63) is 88.1 Å². The van der Waals surface area contributed by atoms with Gasteiger partial charge in [-0.15, -0.1) is 0 Å². The fraction of sp³-hybridized carbons (Fsp3) is 0.200. The van der Waals surface area contributed by atoms with Crippen LogP contribution in [-0.4, -0.2) is 0 Å². The zero-order valence-electron chi connectivity index (χ0n) is 13.2. The van der Waals surface area contributed by atoms with Crippen molar-refractivity contribution >= 4 is 6.08 Å². The van der Waals surface area contributed by atoms with Crippen molar-refractivity contribution in [3.63, 3.8) is 0 Å². The summed E-state index contributed by atoms with van der Waals surface area (Å²) in [5, 5.41) is 0. The van der Waals surface area contributed by atoms with Crippen LogP contribution in [0.4, 0.5) is 8.78 Å². The molecular weight excluding hydrogens is 306 g/mol. The summed E-state index contributed by atoms with van der Waals surface area (Å²) in [6.45, 7) is 0. The molecule has 0 fully saturated rings. The summed E-state index contributed by atoms with van der Waals surface area (Å²) < 4.78 is 26.2. The van der Waals surface area contributed by atoms with Crippen LogP contribution < -0.4 is 10.9 Å². The van der Waals surface area contributed by atoms with E-state index in [9.17, 15) is 8.78 Å². The van der Waals surface area contributed by atoms with Crippen molar-refractivity contribution in [1.29, 1.82) is 0 Å². The van der Waals surface area contributed by atoms with E-state index in [1.54, 1.807) is 12.1 Å². The molecule has 0 bridgehead atoms. The van der Waals surface area contributed by atoms with E-state index < -0.39 is 0 Å². The van der Waals surface area contributed by atoms with E-state index in [-0.39, 0.29) is 17.7 Å². The molecule has 2 nitrogen and oxygen atoms in total. The Morgan fingerprint density at radius 2 is 1.54 bits per heavy atom. The predicted octanol–water partition coefficient (Wildman–Crippen LogP) is 4.64. The Balaban J connectivity index is 1.67. The lowest BCUT2D eigenvalue weighted by Gasteiger charge is -2.19. The number of benzene rings is 2. The van der Waals surface area contributed by atoms with Gasteiger partial charge >= 0.3 is 0 Å². The molecule has 0 radical (unpaired) electrons. The molecule has 1 aliphatic heterocycles. The minimum Gasteiger partial charge on any atom is -0.320 e. The van der Waals surface area contributed by atoms with Crippen molar-refractivity contribution in [2.24, 2.45) is 0 Å². The standard InChI is InChI=1S/C20H18F2N2/c21-16-8-4-13(5-9-16)12-15-2-1-3-18-19(23-24-20(15)18)14-6-10-17(22)11-7-14/h4-12,19,23-24H,1-3H2/b15-12-/t19-/m0/s1. The Morgan fingerprint density at radius 1 is 0.875 bits per heavy atom. The van der Waals surface area contributed by atoms with Gasteiger partial charge < -0.3 is 5.43 Å². The normalized spacial score (nSPS) is 21.8. The molecule has 4 heteroatoms. The van der Waals surface area contributed by atoms with Gasteiger partial charge in [0.1, 0.15) is 11.6 Å². The van der Waals surface area contributed by atoms with E-state index >= 15 is 0 Å². The highest BCUT2D eigenvalue weighted by molar-refractivity contribution is 5.61. The van der Waals surface area contributed by atoms with Crippen LogP contribution in [0.15, 0.2) is 65.4 Å². The maximum atomic E-state index is 13.2. The first-order chi connectivity index (χ1) is 11.7. The zero-order valence-corrected chi connectivity index (χ0v) is 13.2. The molecular formula is C20H18F2N2. The van der Waals surface area contributed by atoms with Gasteiger partial charge in [0.05, 0.1) is 11.7 Å². The molecule has 0 saturated heterocycles. The predicted molar refractivity (Wildman–Crippen MR) is 90.7 cm³/mol. The molecule has 2 aromatic rings. The molecule has 0 aromatic heterocycles. The average molecular weight is 324 g/mol. The van der Waals surface area contributed by atoms with Crippen LogP contribution in [0.3, 0.4) is 0 Å². The van der Waals surface area contributed by atoms with Crippen LogP contribution in [0.1, 0.15) is 36.4 Å². The second-order valence-electron chi connectivity index (χ2n) is 6.23. The summed E-state index contributed by atoms with van der Waals surface area (Å²) in [6, 6.07) is 13.2. The van der Waals surface area contributed by atoms with E-state index in [1.165, 1.54) is 35.4 Å². The number of halogens is 2. The minimum absolute atomic E-state index is 0.0671. The summed E-state index contributed by atoms with van der Waals surface area (Å²) in [5.74, 6) is -0.447. The number of hydrogen-bond acceptors (Lipinski definition) is 2. The van der Waals surface area contributed by atoms with Gasteiger partial charge in [-0.3, -0.25) is 0 Å². The monoisotopic (exact) mass is 324 g/mol. The third-order valence-electron chi connectivity index (χ3n) is 4.64. The lowest BCUT2D eigenvalue weighted by molar-refractivity contribution is 0.580. The van der Waals surface area contributed by atoms with Crippen LogP contribution in [0.2, 0.25) is 0 Å². The molecule has 2 aliphatic rings. The van der Waals surface area contributed by atoms with Crippen LogP contribution in [-0.2, 0) is 0 Å². The molecule has 4 rings (SSSR count). The van der Waals surface area contributed by atoms with Gasteiger partial charge in [-0.1, -0.05) is 24.3 Å². The van der Waals surface area contributed by atoms with Crippen LogP contribution in [0.5, 0.6) is 0 Å². The van der Waals surface area contributed by atoms with Gasteiger partial charge in [-0.05, 0) is 71.9 Å². The second-order valence-corrected chi connectivity index (χ2v) is 6.23. The first kappa shape index (κ1) is 15.1. The van der Waals surface area contributed by atoms with Gasteiger partial charge in [0.25, 0.3) is 0 Å². The lowest BCUT2D eigenvalue weighted by Crippen LogP contribution is -2.27. The first-order valence-corrected chi connectivity index (χ1v) is 8.17. The van der Waals surface area contributed by atoms with Crippen molar-refractivity contribution in [3.8, 4) is 0 Å². The van der Waals surface area contributed by atoms with Gasteiger partial charge in [-0.25, -0.2) is 14.2 Å². The Morgan fingerprint density at radius 3 is 2.25 bits per heavy atom. The van der Waals surface area contributed by atoms with E-state index in [2.05, 4.69) is 16.9 Å². The fourth-order valence-corrected chi connectivity index (χ4v) is 3.45. The second kappa shape index (κ2) is 6.21. The zero-order chi connectivity index (χ0) is 16.5. The smallest absolute Gasteiger partial charge is 0.123 e. The van der Waals surface area contributed by atoms with E-state index in [0.29, 0.717) is 0 Å². The van der Waals surface area contributed by atoms with Crippen molar-refractivity contribution < 1.29 is 8.78 Å². The summed E-state index contributed by atoms with van der Waals surface area (Å²) in [7, 11) is 0. The van der Waals surface area contributed by atoms with Crippen LogP contribution in [0.25, 0.3) is 6.08 Å². The molecule has 1 aliphatic carbocycles. The SMILES string of the molecule is Fc1ccc(/C=C2/CCCC3=C2NN[C@H]3c2ccc(F)cc2)cc1. The largest absolute Gasteiger partial charge is 0.320 e. The molecule has 1 atom stereocenters. The number of nitrogens with one attached hydrogen (secondary N) is 2. The topological polar surface area (TPSA) is 24.1 Å². The quantitative estimate of drug-likeness (QED) is 0.841. The maximum absolute atomic E-state index is 13.2. The number of rotatable bonds is 2. The Kier molecular flexibility index (Phi) is 3.90. The average Bonchev–Trinajstić information content (AvgIpc) is 3.03. The summed E-state index contributed by atoms with van der Waals surface area (Å²) in [6.07, 6.45) is 5.18. The van der Waals surface area contributed by atoms with E-state index in [0.717, 1.165) is 36.1 Å².